The summed E-state index contributed by atoms with van der Waals surface area (Å²) in [6.07, 6.45) is 3.24. The maximum atomic E-state index is 12.6. The third-order valence-electron chi connectivity index (χ3n) is 3.82. The van der Waals surface area contributed by atoms with Gasteiger partial charge < -0.3 is 10.2 Å². The first-order valence-electron chi connectivity index (χ1n) is 7.05. The van der Waals surface area contributed by atoms with E-state index in [4.69, 9.17) is 10.2 Å². The average molecular weight is 301 g/mol. The van der Waals surface area contributed by atoms with Crippen LogP contribution in [0.25, 0.3) is 0 Å². The van der Waals surface area contributed by atoms with E-state index in [1.54, 1.807) is 22.7 Å². The van der Waals surface area contributed by atoms with Crippen molar-refractivity contribution in [3.8, 4) is 0 Å². The van der Waals surface area contributed by atoms with Crippen LogP contribution in [0.4, 0.5) is 0 Å². The van der Waals surface area contributed by atoms with E-state index in [2.05, 4.69) is 0 Å². The van der Waals surface area contributed by atoms with Crippen LogP contribution in [0.5, 0.6) is 0 Å². The summed E-state index contributed by atoms with van der Waals surface area (Å²) < 4.78 is 33.5. The molecule has 0 aliphatic carbocycles. The first-order valence-corrected chi connectivity index (χ1v) is 8.45. The molecule has 0 saturated carbocycles. The van der Waals surface area contributed by atoms with Crippen molar-refractivity contribution in [1.29, 1.82) is 0 Å². The maximum Gasteiger partial charge on any atom is 0.282 e. The van der Waals surface area contributed by atoms with Gasteiger partial charge in [-0.25, -0.2) is 0 Å². The molecule has 6 nitrogen and oxygen atoms in total. The van der Waals surface area contributed by atoms with Gasteiger partial charge in [0, 0.05) is 19.6 Å². The minimum Gasteiger partial charge on any atom is -0.468 e. The molecular formula is C13H23N3O3S. The van der Waals surface area contributed by atoms with Gasteiger partial charge in [-0.05, 0) is 37.4 Å². The molecule has 7 heteroatoms. The number of rotatable bonds is 6. The quantitative estimate of drug-likeness (QED) is 0.850. The lowest BCUT2D eigenvalue weighted by atomic mass is 9.99. The molecule has 0 aromatic carbocycles. The Kier molecular flexibility index (Phi) is 5.20. The number of nitrogens with zero attached hydrogens (tertiary/aromatic N) is 2. The van der Waals surface area contributed by atoms with Crippen molar-refractivity contribution < 1.29 is 12.8 Å². The number of piperidine rings is 1. The van der Waals surface area contributed by atoms with Crippen molar-refractivity contribution in [2.45, 2.75) is 26.3 Å². The molecule has 20 heavy (non-hydrogen) atoms. The van der Waals surface area contributed by atoms with Crippen molar-refractivity contribution in [3.05, 3.63) is 24.2 Å². The van der Waals surface area contributed by atoms with Crippen LogP contribution >= 0.6 is 0 Å². The standard InChI is InChI=1S/C13H23N3O3S/c1-2-15(11-13-4-3-9-19-13)20(17,18)16-7-5-12(10-14)6-8-16/h3-4,9,12H,2,5-8,10-11,14H2,1H3. The Morgan fingerprint density at radius 2 is 2.15 bits per heavy atom. The fourth-order valence-corrected chi connectivity index (χ4v) is 4.09. The van der Waals surface area contributed by atoms with Crippen LogP contribution in [0.1, 0.15) is 25.5 Å². The van der Waals surface area contributed by atoms with Gasteiger partial charge in [0.15, 0.2) is 0 Å². The third kappa shape index (κ3) is 3.41. The second-order valence-corrected chi connectivity index (χ2v) is 7.02. The zero-order chi connectivity index (χ0) is 14.6. The van der Waals surface area contributed by atoms with Crippen molar-refractivity contribution in [2.75, 3.05) is 26.2 Å². The SMILES string of the molecule is CCN(Cc1ccco1)S(=O)(=O)N1CCC(CN)CC1. The Balaban J connectivity index is 2.04. The summed E-state index contributed by atoms with van der Waals surface area (Å²) in [4.78, 5) is 0. The highest BCUT2D eigenvalue weighted by molar-refractivity contribution is 7.86. The summed E-state index contributed by atoms with van der Waals surface area (Å²) in [5.74, 6) is 1.11. The van der Waals surface area contributed by atoms with E-state index in [0.29, 0.717) is 37.9 Å². The fraction of sp³-hybridized carbons (Fsp3) is 0.692. The highest BCUT2D eigenvalue weighted by Gasteiger charge is 2.32. The summed E-state index contributed by atoms with van der Waals surface area (Å²) in [5, 5.41) is 0. The topological polar surface area (TPSA) is 79.8 Å². The Hall–Kier alpha value is -0.890. The van der Waals surface area contributed by atoms with Gasteiger partial charge >= 0.3 is 0 Å². The normalized spacial score (nSPS) is 18.8. The zero-order valence-electron chi connectivity index (χ0n) is 11.9. The molecule has 114 valence electrons. The van der Waals surface area contributed by atoms with Crippen molar-refractivity contribution in [3.63, 3.8) is 0 Å². The highest BCUT2D eigenvalue weighted by Crippen LogP contribution is 2.21. The van der Waals surface area contributed by atoms with E-state index >= 15 is 0 Å². The fourth-order valence-electron chi connectivity index (χ4n) is 2.47. The predicted octanol–water partition coefficient (Wildman–Crippen LogP) is 1.02. The lowest BCUT2D eigenvalue weighted by molar-refractivity contribution is 0.253. The molecule has 0 amide bonds. The van der Waals surface area contributed by atoms with Crippen LogP contribution in [0.15, 0.2) is 22.8 Å². The molecule has 0 radical (unpaired) electrons. The van der Waals surface area contributed by atoms with Crippen molar-refractivity contribution in [1.82, 2.24) is 8.61 Å². The van der Waals surface area contributed by atoms with Gasteiger partial charge in [-0.1, -0.05) is 6.92 Å². The first kappa shape index (κ1) is 15.5. The summed E-state index contributed by atoms with van der Waals surface area (Å²) >= 11 is 0. The van der Waals surface area contributed by atoms with Crippen LogP contribution in [-0.2, 0) is 16.8 Å². The van der Waals surface area contributed by atoms with Crippen molar-refractivity contribution in [2.24, 2.45) is 11.7 Å². The lowest BCUT2D eigenvalue weighted by Gasteiger charge is -2.34. The van der Waals surface area contributed by atoms with Gasteiger partial charge in [-0.2, -0.15) is 17.0 Å². The molecule has 1 aliphatic rings. The second-order valence-electron chi connectivity index (χ2n) is 5.09. The average Bonchev–Trinajstić information content (AvgIpc) is 2.97. The molecule has 0 bridgehead atoms. The third-order valence-corrected chi connectivity index (χ3v) is 5.88. The second kappa shape index (κ2) is 6.71. The number of hydrogen-bond donors (Lipinski definition) is 1. The van der Waals surface area contributed by atoms with Crippen LogP contribution in [0.3, 0.4) is 0 Å². The van der Waals surface area contributed by atoms with Crippen LogP contribution < -0.4 is 5.73 Å². The largest absolute Gasteiger partial charge is 0.468 e. The molecule has 0 spiro atoms. The van der Waals surface area contributed by atoms with E-state index in [9.17, 15) is 8.42 Å². The van der Waals surface area contributed by atoms with E-state index < -0.39 is 10.2 Å². The molecule has 2 N–H and O–H groups in total. The molecule has 2 rings (SSSR count). The summed E-state index contributed by atoms with van der Waals surface area (Å²) in [6.45, 7) is 4.30. The Bertz CT molecular complexity index is 493. The molecule has 1 aliphatic heterocycles. The summed E-state index contributed by atoms with van der Waals surface area (Å²) in [6, 6.07) is 3.56. The van der Waals surface area contributed by atoms with Gasteiger partial charge in [0.2, 0.25) is 0 Å². The minimum absolute atomic E-state index is 0.280. The Labute approximate surface area is 120 Å². The van der Waals surface area contributed by atoms with Gasteiger partial charge in [-0.3, -0.25) is 0 Å². The molecule has 0 unspecified atom stereocenters. The van der Waals surface area contributed by atoms with Crippen LogP contribution in [0.2, 0.25) is 0 Å². The van der Waals surface area contributed by atoms with E-state index in [1.165, 1.54) is 4.31 Å². The Morgan fingerprint density at radius 3 is 2.65 bits per heavy atom. The van der Waals surface area contributed by atoms with Gasteiger partial charge in [-0.15, -0.1) is 0 Å². The molecule has 1 aromatic heterocycles. The van der Waals surface area contributed by atoms with Crippen LogP contribution in [-0.4, -0.2) is 43.2 Å². The zero-order valence-corrected chi connectivity index (χ0v) is 12.7. The first-order chi connectivity index (χ1) is 9.57. The molecular weight excluding hydrogens is 278 g/mol. The monoisotopic (exact) mass is 301 g/mol. The number of furan rings is 1. The van der Waals surface area contributed by atoms with Crippen molar-refractivity contribution >= 4 is 10.2 Å². The van der Waals surface area contributed by atoms with Gasteiger partial charge in [0.25, 0.3) is 10.2 Å². The minimum atomic E-state index is -3.42. The number of nitrogens with two attached hydrogens (primary N) is 1. The molecule has 1 aromatic rings. The maximum absolute atomic E-state index is 12.6. The highest BCUT2D eigenvalue weighted by atomic mass is 32.2. The van der Waals surface area contributed by atoms with Crippen LogP contribution in [0, 0.1) is 5.92 Å². The summed E-state index contributed by atoms with van der Waals surface area (Å²) in [7, 11) is -3.42. The summed E-state index contributed by atoms with van der Waals surface area (Å²) in [5.41, 5.74) is 5.64. The predicted molar refractivity (Wildman–Crippen MR) is 77.1 cm³/mol. The number of hydrogen-bond acceptors (Lipinski definition) is 4. The smallest absolute Gasteiger partial charge is 0.282 e. The van der Waals surface area contributed by atoms with Gasteiger partial charge in [0.1, 0.15) is 5.76 Å². The van der Waals surface area contributed by atoms with E-state index in [1.807, 2.05) is 6.92 Å². The molecule has 2 heterocycles. The molecule has 1 saturated heterocycles. The lowest BCUT2D eigenvalue weighted by Crippen LogP contribution is -2.47. The molecule has 0 atom stereocenters. The van der Waals surface area contributed by atoms with E-state index in [-0.39, 0.29) is 6.54 Å². The van der Waals surface area contributed by atoms with Gasteiger partial charge in [0.05, 0.1) is 12.8 Å². The molecule has 1 fully saturated rings. The van der Waals surface area contributed by atoms with E-state index in [0.717, 1.165) is 12.8 Å². The Morgan fingerprint density at radius 1 is 1.45 bits per heavy atom.